The van der Waals surface area contributed by atoms with E-state index in [4.69, 9.17) is 5.11 Å². The molecule has 0 radical (unpaired) electrons. The summed E-state index contributed by atoms with van der Waals surface area (Å²) in [4.78, 5) is 26.7. The first-order valence-corrected chi connectivity index (χ1v) is 6.54. The molecule has 8 nitrogen and oxygen atoms in total. The van der Waals surface area contributed by atoms with Crippen molar-refractivity contribution in [2.24, 2.45) is 0 Å². The third kappa shape index (κ3) is 3.29. The molecule has 1 amide bonds. The quantitative estimate of drug-likeness (QED) is 0.638. The van der Waals surface area contributed by atoms with E-state index in [0.717, 1.165) is 0 Å². The van der Waals surface area contributed by atoms with E-state index in [-0.39, 0.29) is 17.9 Å². The summed E-state index contributed by atoms with van der Waals surface area (Å²) < 4.78 is 1.50. The minimum Gasteiger partial charge on any atom is -0.394 e. The predicted octanol–water partition coefficient (Wildman–Crippen LogP) is 1.28. The summed E-state index contributed by atoms with van der Waals surface area (Å²) in [6.07, 6.45) is 4.53. The maximum Gasteiger partial charge on any atom is 0.294 e. The molecule has 0 aliphatic carbocycles. The van der Waals surface area contributed by atoms with Crippen LogP contribution < -0.4 is 5.32 Å². The number of aliphatic hydroxyl groups excluding tert-OH is 1. The summed E-state index contributed by atoms with van der Waals surface area (Å²) in [5.41, 5.74) is -0.542. The van der Waals surface area contributed by atoms with Gasteiger partial charge in [0.25, 0.3) is 11.6 Å². The third-order valence-corrected chi connectivity index (χ3v) is 3.06. The summed E-state index contributed by atoms with van der Waals surface area (Å²) in [5.74, 6) is -0.487. The molecule has 116 valence electrons. The van der Waals surface area contributed by atoms with E-state index in [9.17, 15) is 14.9 Å². The van der Waals surface area contributed by atoms with Crippen molar-refractivity contribution in [2.75, 3.05) is 6.61 Å². The highest BCUT2D eigenvalue weighted by Gasteiger charge is 2.23. The second-order valence-electron chi connectivity index (χ2n) is 5.43. The average Bonchev–Trinajstić information content (AvgIpc) is 3.00. The van der Waals surface area contributed by atoms with Crippen molar-refractivity contribution in [1.82, 2.24) is 14.9 Å². The van der Waals surface area contributed by atoms with E-state index in [1.807, 2.05) is 0 Å². The van der Waals surface area contributed by atoms with Crippen LogP contribution in [0.25, 0.3) is 5.69 Å². The third-order valence-electron chi connectivity index (χ3n) is 3.06. The Balaban J connectivity index is 2.38. The van der Waals surface area contributed by atoms with Crippen LogP contribution >= 0.6 is 0 Å². The van der Waals surface area contributed by atoms with Gasteiger partial charge in [0.15, 0.2) is 0 Å². The molecule has 1 heterocycles. The van der Waals surface area contributed by atoms with Gasteiger partial charge < -0.3 is 15.0 Å². The Kier molecular flexibility index (Phi) is 4.22. The maximum absolute atomic E-state index is 12.1. The average molecular weight is 304 g/mol. The second-order valence-corrected chi connectivity index (χ2v) is 5.43. The topological polar surface area (TPSA) is 110 Å². The Morgan fingerprint density at radius 2 is 2.23 bits per heavy atom. The van der Waals surface area contributed by atoms with Crippen LogP contribution in [0.15, 0.2) is 36.9 Å². The molecule has 0 spiro atoms. The van der Waals surface area contributed by atoms with Crippen molar-refractivity contribution >= 4 is 11.6 Å². The van der Waals surface area contributed by atoms with Gasteiger partial charge in [-0.2, -0.15) is 0 Å². The highest BCUT2D eigenvalue weighted by molar-refractivity contribution is 5.95. The lowest BCUT2D eigenvalue weighted by molar-refractivity contribution is -0.384. The van der Waals surface area contributed by atoms with E-state index in [1.165, 1.54) is 35.3 Å². The van der Waals surface area contributed by atoms with Gasteiger partial charge in [-0.1, -0.05) is 0 Å². The van der Waals surface area contributed by atoms with Gasteiger partial charge in [-0.3, -0.25) is 14.9 Å². The van der Waals surface area contributed by atoms with Gasteiger partial charge in [0, 0.05) is 24.0 Å². The van der Waals surface area contributed by atoms with Crippen LogP contribution in [0.2, 0.25) is 0 Å². The number of carbonyl (C=O) groups excluding carboxylic acids is 1. The van der Waals surface area contributed by atoms with Crippen LogP contribution in [0.4, 0.5) is 5.69 Å². The molecular weight excluding hydrogens is 288 g/mol. The predicted molar refractivity (Wildman–Crippen MR) is 78.8 cm³/mol. The summed E-state index contributed by atoms with van der Waals surface area (Å²) in [5, 5.41) is 23.0. The molecule has 0 unspecified atom stereocenters. The lowest BCUT2D eigenvalue weighted by Gasteiger charge is -2.23. The molecule has 0 atom stereocenters. The molecular formula is C14H16N4O4. The fourth-order valence-electron chi connectivity index (χ4n) is 1.85. The molecule has 0 aliphatic heterocycles. The van der Waals surface area contributed by atoms with E-state index >= 15 is 0 Å². The molecule has 1 aromatic heterocycles. The zero-order valence-corrected chi connectivity index (χ0v) is 12.2. The van der Waals surface area contributed by atoms with Gasteiger partial charge in [-0.05, 0) is 26.0 Å². The Labute approximate surface area is 126 Å². The minimum atomic E-state index is -0.811. The van der Waals surface area contributed by atoms with Crippen LogP contribution in [0.3, 0.4) is 0 Å². The standard InChI is InChI=1S/C14H16N4O4/c1-14(2,8-19)16-13(20)10-3-4-11(12(7-10)18(21)22)17-6-5-15-9-17/h3-7,9,19H,8H2,1-2H3,(H,16,20). The number of carbonyl (C=O) groups is 1. The van der Waals surface area contributed by atoms with E-state index in [2.05, 4.69) is 10.3 Å². The SMILES string of the molecule is CC(C)(CO)NC(=O)c1ccc(-n2ccnc2)c([N+](=O)[O-])c1. The van der Waals surface area contributed by atoms with Crippen LogP contribution in [-0.2, 0) is 0 Å². The van der Waals surface area contributed by atoms with Gasteiger partial charge >= 0.3 is 0 Å². The molecule has 2 aromatic rings. The number of aromatic nitrogens is 2. The van der Waals surface area contributed by atoms with Crippen molar-refractivity contribution in [2.45, 2.75) is 19.4 Å². The number of nitro groups is 1. The first kappa shape index (κ1) is 15.6. The molecule has 2 rings (SSSR count). The van der Waals surface area contributed by atoms with Crippen molar-refractivity contribution in [3.8, 4) is 5.69 Å². The summed E-state index contributed by atoms with van der Waals surface area (Å²) in [6.45, 7) is 3.06. The van der Waals surface area contributed by atoms with E-state index in [1.54, 1.807) is 20.0 Å². The number of nitro benzene ring substituents is 1. The molecule has 0 saturated heterocycles. The fraction of sp³-hybridized carbons (Fsp3) is 0.286. The number of benzene rings is 1. The Morgan fingerprint density at radius 1 is 1.50 bits per heavy atom. The second kappa shape index (κ2) is 5.94. The lowest BCUT2D eigenvalue weighted by Crippen LogP contribution is -2.46. The minimum absolute atomic E-state index is 0.150. The zero-order valence-electron chi connectivity index (χ0n) is 12.2. The molecule has 1 aromatic carbocycles. The maximum atomic E-state index is 12.1. The van der Waals surface area contributed by atoms with Crippen molar-refractivity contribution in [3.63, 3.8) is 0 Å². The molecule has 8 heteroatoms. The van der Waals surface area contributed by atoms with Crippen LogP contribution in [0, 0.1) is 10.1 Å². The number of aliphatic hydroxyl groups is 1. The number of rotatable bonds is 5. The molecule has 0 fully saturated rings. The van der Waals surface area contributed by atoms with Crippen molar-refractivity contribution < 1.29 is 14.8 Å². The first-order valence-electron chi connectivity index (χ1n) is 6.54. The number of amides is 1. The van der Waals surface area contributed by atoms with Gasteiger partial charge in [0.05, 0.1) is 23.4 Å². The van der Waals surface area contributed by atoms with Gasteiger partial charge in [-0.15, -0.1) is 0 Å². The van der Waals surface area contributed by atoms with Gasteiger partial charge in [0.2, 0.25) is 0 Å². The largest absolute Gasteiger partial charge is 0.394 e. The number of hydrogen-bond donors (Lipinski definition) is 2. The normalized spacial score (nSPS) is 11.2. The lowest BCUT2D eigenvalue weighted by atomic mass is 10.1. The van der Waals surface area contributed by atoms with Crippen LogP contribution in [0.1, 0.15) is 24.2 Å². The Bertz CT molecular complexity index is 695. The molecule has 0 bridgehead atoms. The molecule has 0 aliphatic rings. The Hall–Kier alpha value is -2.74. The highest BCUT2D eigenvalue weighted by Crippen LogP contribution is 2.24. The van der Waals surface area contributed by atoms with Gasteiger partial charge in [0.1, 0.15) is 5.69 Å². The van der Waals surface area contributed by atoms with E-state index < -0.39 is 16.4 Å². The first-order chi connectivity index (χ1) is 10.3. The highest BCUT2D eigenvalue weighted by atomic mass is 16.6. The van der Waals surface area contributed by atoms with Gasteiger partial charge in [-0.25, -0.2) is 4.98 Å². The summed E-state index contributed by atoms with van der Waals surface area (Å²) >= 11 is 0. The number of nitrogens with one attached hydrogen (secondary N) is 1. The summed E-state index contributed by atoms with van der Waals surface area (Å²) in [6, 6.07) is 4.18. The number of hydrogen-bond acceptors (Lipinski definition) is 5. The van der Waals surface area contributed by atoms with Crippen molar-refractivity contribution in [1.29, 1.82) is 0 Å². The monoisotopic (exact) mass is 304 g/mol. The van der Waals surface area contributed by atoms with Crippen LogP contribution in [-0.4, -0.2) is 37.6 Å². The molecule has 22 heavy (non-hydrogen) atoms. The number of nitrogens with zero attached hydrogens (tertiary/aromatic N) is 3. The zero-order chi connectivity index (χ0) is 16.3. The number of imidazole rings is 1. The molecule has 0 saturated carbocycles. The summed E-state index contributed by atoms with van der Waals surface area (Å²) in [7, 11) is 0. The molecule has 2 N–H and O–H groups in total. The van der Waals surface area contributed by atoms with Crippen LogP contribution in [0.5, 0.6) is 0 Å². The van der Waals surface area contributed by atoms with Crippen molar-refractivity contribution in [3.05, 3.63) is 52.6 Å². The van der Waals surface area contributed by atoms with E-state index in [0.29, 0.717) is 5.69 Å². The Morgan fingerprint density at radius 3 is 2.77 bits per heavy atom. The fourth-order valence-corrected chi connectivity index (χ4v) is 1.85. The smallest absolute Gasteiger partial charge is 0.294 e.